The Morgan fingerprint density at radius 1 is 1.13 bits per heavy atom. The van der Waals surface area contributed by atoms with Gasteiger partial charge in [0.05, 0.1) is 19.7 Å². The topological polar surface area (TPSA) is 63.6 Å². The molecule has 5 heteroatoms. The van der Waals surface area contributed by atoms with Gasteiger partial charge in [-0.3, -0.25) is 14.8 Å². The molecule has 1 atom stereocenters. The SMILES string of the molecule is CCCC(NC(=O)c1cc(-c2ccc3c(c2)C(C)=NC3)ccn1)c1cccc(OC)c1. The number of carbonyl (C=O) groups excluding carboxylic acids is 1. The molecular weight excluding hydrogens is 386 g/mol. The van der Waals surface area contributed by atoms with Gasteiger partial charge in [-0.25, -0.2) is 0 Å². The van der Waals surface area contributed by atoms with E-state index in [0.717, 1.165) is 47.5 Å². The lowest BCUT2D eigenvalue weighted by Gasteiger charge is -2.19. The normalized spacial score (nSPS) is 13.3. The number of hydrogen-bond donors (Lipinski definition) is 1. The monoisotopic (exact) mass is 413 g/mol. The zero-order chi connectivity index (χ0) is 21.8. The first-order chi connectivity index (χ1) is 15.1. The van der Waals surface area contributed by atoms with Crippen LogP contribution in [-0.4, -0.2) is 23.7 Å². The highest BCUT2D eigenvalue weighted by Crippen LogP contribution is 2.27. The van der Waals surface area contributed by atoms with Crippen molar-refractivity contribution < 1.29 is 9.53 Å². The maximum absolute atomic E-state index is 13.1. The average molecular weight is 414 g/mol. The smallest absolute Gasteiger partial charge is 0.270 e. The Kier molecular flexibility index (Phi) is 6.12. The molecule has 0 aliphatic carbocycles. The average Bonchev–Trinajstić information content (AvgIpc) is 3.19. The van der Waals surface area contributed by atoms with Crippen molar-refractivity contribution in [3.63, 3.8) is 0 Å². The molecule has 0 spiro atoms. The van der Waals surface area contributed by atoms with Crippen LogP contribution in [0, 0.1) is 0 Å². The number of benzene rings is 2. The third-order valence-electron chi connectivity index (χ3n) is 5.69. The number of nitrogens with zero attached hydrogens (tertiary/aromatic N) is 2. The van der Waals surface area contributed by atoms with Gasteiger partial charge in [0.25, 0.3) is 5.91 Å². The maximum atomic E-state index is 13.1. The first-order valence-electron chi connectivity index (χ1n) is 10.6. The summed E-state index contributed by atoms with van der Waals surface area (Å²) in [6, 6.07) is 17.9. The van der Waals surface area contributed by atoms with Crippen LogP contribution in [0.1, 0.15) is 59.9 Å². The van der Waals surface area contributed by atoms with Crippen LogP contribution in [0.15, 0.2) is 65.8 Å². The fourth-order valence-corrected chi connectivity index (χ4v) is 3.96. The molecule has 2 heterocycles. The summed E-state index contributed by atoms with van der Waals surface area (Å²) in [5, 5.41) is 3.15. The molecule has 3 aromatic rings. The van der Waals surface area contributed by atoms with E-state index in [2.05, 4.69) is 40.4 Å². The number of carbonyl (C=O) groups is 1. The lowest BCUT2D eigenvalue weighted by atomic mass is 9.98. The van der Waals surface area contributed by atoms with Gasteiger partial charge in [-0.05, 0) is 65.9 Å². The molecular formula is C26H27N3O2. The number of amides is 1. The summed E-state index contributed by atoms with van der Waals surface area (Å²) in [5.74, 6) is 0.602. The van der Waals surface area contributed by atoms with E-state index in [9.17, 15) is 4.79 Å². The van der Waals surface area contributed by atoms with Crippen LogP contribution in [0.5, 0.6) is 5.75 Å². The minimum absolute atomic E-state index is 0.100. The van der Waals surface area contributed by atoms with E-state index in [1.54, 1.807) is 13.3 Å². The zero-order valence-corrected chi connectivity index (χ0v) is 18.2. The van der Waals surface area contributed by atoms with Crippen molar-refractivity contribution in [3.8, 4) is 16.9 Å². The number of pyridine rings is 1. The van der Waals surface area contributed by atoms with E-state index in [-0.39, 0.29) is 11.9 Å². The van der Waals surface area contributed by atoms with Gasteiger partial charge in [0, 0.05) is 17.5 Å². The third kappa shape index (κ3) is 4.50. The van der Waals surface area contributed by atoms with Crippen molar-refractivity contribution in [2.24, 2.45) is 4.99 Å². The van der Waals surface area contributed by atoms with Crippen molar-refractivity contribution in [2.75, 3.05) is 7.11 Å². The zero-order valence-electron chi connectivity index (χ0n) is 18.2. The molecule has 0 saturated carbocycles. The summed E-state index contributed by atoms with van der Waals surface area (Å²) in [4.78, 5) is 21.9. The van der Waals surface area contributed by atoms with Crippen LogP contribution < -0.4 is 10.1 Å². The van der Waals surface area contributed by atoms with Crippen LogP contribution in [-0.2, 0) is 6.54 Å². The number of aromatic nitrogens is 1. The summed E-state index contributed by atoms with van der Waals surface area (Å²) in [5.41, 5.74) is 6.95. The Balaban J connectivity index is 1.57. The van der Waals surface area contributed by atoms with Crippen molar-refractivity contribution in [1.29, 1.82) is 0 Å². The van der Waals surface area contributed by atoms with Crippen LogP contribution in [0.2, 0.25) is 0 Å². The summed E-state index contributed by atoms with van der Waals surface area (Å²) in [7, 11) is 1.65. The number of methoxy groups -OCH3 is 1. The van der Waals surface area contributed by atoms with Crippen molar-refractivity contribution in [2.45, 2.75) is 39.3 Å². The van der Waals surface area contributed by atoms with E-state index < -0.39 is 0 Å². The Morgan fingerprint density at radius 2 is 1.97 bits per heavy atom. The molecule has 1 N–H and O–H groups in total. The molecule has 0 saturated heterocycles. The summed E-state index contributed by atoms with van der Waals surface area (Å²) in [6.07, 6.45) is 3.48. The lowest BCUT2D eigenvalue weighted by Crippen LogP contribution is -2.29. The minimum atomic E-state index is -0.179. The van der Waals surface area contributed by atoms with Gasteiger partial charge in [0.2, 0.25) is 0 Å². The molecule has 1 amide bonds. The third-order valence-corrected chi connectivity index (χ3v) is 5.69. The number of rotatable bonds is 7. The van der Waals surface area contributed by atoms with Crippen molar-refractivity contribution in [3.05, 3.63) is 83.2 Å². The van der Waals surface area contributed by atoms with E-state index in [1.807, 2.05) is 43.3 Å². The summed E-state index contributed by atoms with van der Waals surface area (Å²) >= 11 is 0. The van der Waals surface area contributed by atoms with E-state index >= 15 is 0 Å². The Labute approximate surface area is 183 Å². The Bertz CT molecular complexity index is 1140. The fraction of sp³-hybridized carbons (Fsp3) is 0.269. The Morgan fingerprint density at radius 3 is 2.77 bits per heavy atom. The number of fused-ring (bicyclic) bond motifs is 1. The molecule has 0 bridgehead atoms. The summed E-state index contributed by atoms with van der Waals surface area (Å²) < 4.78 is 5.34. The van der Waals surface area contributed by atoms with Crippen molar-refractivity contribution in [1.82, 2.24) is 10.3 Å². The molecule has 1 aromatic heterocycles. The summed E-state index contributed by atoms with van der Waals surface area (Å²) in [6.45, 7) is 4.89. The second-order valence-electron chi connectivity index (χ2n) is 7.79. The standard InChI is InChI=1S/C26H27N3O2/c1-4-6-24(20-7-5-8-22(13-20)31-3)29-26(30)25-15-19(11-12-27-25)18-9-10-21-16-28-17(2)23(21)14-18/h5,7-15,24H,4,6,16H2,1-3H3,(H,29,30). The molecule has 1 aliphatic rings. The number of nitrogens with one attached hydrogen (secondary N) is 1. The van der Waals surface area contributed by atoms with Gasteiger partial charge in [0.15, 0.2) is 0 Å². The van der Waals surface area contributed by atoms with E-state index in [1.165, 1.54) is 11.1 Å². The van der Waals surface area contributed by atoms with Crippen LogP contribution in [0.4, 0.5) is 0 Å². The van der Waals surface area contributed by atoms with Gasteiger partial charge in [-0.15, -0.1) is 0 Å². The van der Waals surface area contributed by atoms with Crippen LogP contribution >= 0.6 is 0 Å². The maximum Gasteiger partial charge on any atom is 0.270 e. The van der Waals surface area contributed by atoms with Gasteiger partial charge in [0.1, 0.15) is 11.4 Å². The first kappa shape index (κ1) is 20.8. The van der Waals surface area contributed by atoms with Crippen LogP contribution in [0.3, 0.4) is 0 Å². The quantitative estimate of drug-likeness (QED) is 0.568. The predicted molar refractivity (Wildman–Crippen MR) is 124 cm³/mol. The van der Waals surface area contributed by atoms with E-state index in [0.29, 0.717) is 5.69 Å². The van der Waals surface area contributed by atoms with Gasteiger partial charge in [-0.1, -0.05) is 37.6 Å². The molecule has 31 heavy (non-hydrogen) atoms. The van der Waals surface area contributed by atoms with Gasteiger partial charge >= 0.3 is 0 Å². The molecule has 0 fully saturated rings. The molecule has 5 nitrogen and oxygen atoms in total. The van der Waals surface area contributed by atoms with Crippen molar-refractivity contribution >= 4 is 11.6 Å². The molecule has 1 aliphatic heterocycles. The second-order valence-corrected chi connectivity index (χ2v) is 7.79. The molecule has 0 radical (unpaired) electrons. The molecule has 158 valence electrons. The number of ether oxygens (including phenoxy) is 1. The van der Waals surface area contributed by atoms with Crippen LogP contribution in [0.25, 0.3) is 11.1 Å². The largest absolute Gasteiger partial charge is 0.497 e. The molecule has 4 rings (SSSR count). The second kappa shape index (κ2) is 9.13. The molecule has 2 aromatic carbocycles. The molecule has 1 unspecified atom stereocenters. The number of hydrogen-bond acceptors (Lipinski definition) is 4. The highest BCUT2D eigenvalue weighted by atomic mass is 16.5. The van der Waals surface area contributed by atoms with Gasteiger partial charge in [-0.2, -0.15) is 0 Å². The fourth-order valence-electron chi connectivity index (χ4n) is 3.96. The van der Waals surface area contributed by atoms with Gasteiger partial charge < -0.3 is 10.1 Å². The lowest BCUT2D eigenvalue weighted by molar-refractivity contribution is 0.0929. The first-order valence-corrected chi connectivity index (χ1v) is 10.6. The Hall–Kier alpha value is -3.47. The van der Waals surface area contributed by atoms with E-state index in [4.69, 9.17) is 4.74 Å². The predicted octanol–water partition coefficient (Wildman–Crippen LogP) is 5.35. The minimum Gasteiger partial charge on any atom is -0.497 e. The number of aliphatic imine (C=N–C) groups is 1. The highest BCUT2D eigenvalue weighted by Gasteiger charge is 2.18. The highest BCUT2D eigenvalue weighted by molar-refractivity contribution is 6.03.